The molecule has 0 saturated heterocycles. The van der Waals surface area contributed by atoms with Gasteiger partial charge in [-0.15, -0.1) is 0 Å². The zero-order chi connectivity index (χ0) is 22.1. The fourth-order valence-electron chi connectivity index (χ4n) is 4.36. The Bertz CT molecular complexity index is 1270. The first-order valence-corrected chi connectivity index (χ1v) is 11.2. The molecule has 2 heterocycles. The molecule has 2 aromatic carbocycles. The monoisotopic (exact) mass is 448 g/mol. The van der Waals surface area contributed by atoms with Gasteiger partial charge in [-0.1, -0.05) is 42.5 Å². The van der Waals surface area contributed by atoms with Crippen LogP contribution in [0.25, 0.3) is 11.4 Å². The minimum Gasteiger partial charge on any atom is -0.469 e. The average Bonchev–Trinajstić information content (AvgIpc) is 3.33. The molecule has 0 amide bonds. The van der Waals surface area contributed by atoms with E-state index in [0.717, 1.165) is 47.5 Å². The maximum Gasteiger partial charge on any atom is 0.199 e. The number of furan rings is 1. The van der Waals surface area contributed by atoms with E-state index in [1.54, 1.807) is 6.26 Å². The first-order valence-electron chi connectivity index (χ1n) is 10.8. The molecule has 5 nitrogen and oxygen atoms in total. The van der Waals surface area contributed by atoms with Crippen LogP contribution in [0, 0.1) is 17.5 Å². The van der Waals surface area contributed by atoms with Crippen LogP contribution in [-0.2, 0) is 18.8 Å². The lowest BCUT2D eigenvalue weighted by Crippen LogP contribution is -2.48. The molecule has 0 atom stereocenters. The molecular formula is C25H25FN4OS. The molecule has 0 spiro atoms. The van der Waals surface area contributed by atoms with Gasteiger partial charge in [0.15, 0.2) is 10.6 Å². The topological polar surface area (TPSA) is 47.9 Å². The van der Waals surface area contributed by atoms with Crippen LogP contribution in [0.1, 0.15) is 36.1 Å². The standard InChI is InChI=1S/C25H25FN4OS/c1-18-22(12-15-31-18)23-28-30(24(32)29(23)16-19-6-3-2-4-7-19)17-27-25(13-5-14-25)20-8-10-21(26)11-9-20/h2-4,6-12,15,27H,5,13-14,16-17H2,1H3. The molecule has 5 rings (SSSR count). The van der Waals surface area contributed by atoms with Crippen LogP contribution in [0.2, 0.25) is 0 Å². The molecule has 32 heavy (non-hydrogen) atoms. The van der Waals surface area contributed by atoms with E-state index in [1.807, 2.05) is 48.0 Å². The second-order valence-electron chi connectivity index (χ2n) is 8.35. The lowest BCUT2D eigenvalue weighted by molar-refractivity contribution is 0.166. The Kier molecular flexibility index (Phi) is 5.53. The highest BCUT2D eigenvalue weighted by Gasteiger charge is 2.38. The van der Waals surface area contributed by atoms with Crippen molar-refractivity contribution in [2.24, 2.45) is 0 Å². The minimum absolute atomic E-state index is 0.169. The second-order valence-corrected chi connectivity index (χ2v) is 8.71. The molecule has 1 N–H and O–H groups in total. The summed E-state index contributed by atoms with van der Waals surface area (Å²) in [5, 5.41) is 8.54. The largest absolute Gasteiger partial charge is 0.469 e. The highest BCUT2D eigenvalue weighted by Crippen LogP contribution is 2.41. The van der Waals surface area contributed by atoms with Crippen LogP contribution >= 0.6 is 12.2 Å². The van der Waals surface area contributed by atoms with Crippen LogP contribution in [0.4, 0.5) is 4.39 Å². The second kappa shape index (κ2) is 8.48. The van der Waals surface area contributed by atoms with Crippen LogP contribution in [0.3, 0.4) is 0 Å². The van der Waals surface area contributed by atoms with Crippen LogP contribution in [0.15, 0.2) is 71.3 Å². The summed E-state index contributed by atoms with van der Waals surface area (Å²) < 4.78 is 23.5. The van der Waals surface area contributed by atoms with Gasteiger partial charge in [0.2, 0.25) is 0 Å². The van der Waals surface area contributed by atoms with Crippen molar-refractivity contribution in [2.75, 3.05) is 0 Å². The highest BCUT2D eigenvalue weighted by atomic mass is 32.1. The third kappa shape index (κ3) is 3.82. The molecule has 0 radical (unpaired) electrons. The normalized spacial score (nSPS) is 14.9. The number of benzene rings is 2. The van der Waals surface area contributed by atoms with Gasteiger partial charge in [-0.05, 0) is 67.7 Å². The molecule has 4 aromatic rings. The van der Waals surface area contributed by atoms with Gasteiger partial charge in [-0.25, -0.2) is 9.07 Å². The Labute approximate surface area is 191 Å². The number of rotatable bonds is 7. The minimum atomic E-state index is -0.217. The average molecular weight is 449 g/mol. The molecule has 1 aliphatic carbocycles. The maximum absolute atomic E-state index is 13.4. The Balaban J connectivity index is 1.47. The van der Waals surface area contributed by atoms with Gasteiger partial charge < -0.3 is 4.42 Å². The summed E-state index contributed by atoms with van der Waals surface area (Å²) in [6, 6.07) is 18.9. The van der Waals surface area contributed by atoms with Gasteiger partial charge in [0.25, 0.3) is 0 Å². The number of hydrogen-bond acceptors (Lipinski definition) is 4. The van der Waals surface area contributed by atoms with Gasteiger partial charge in [-0.3, -0.25) is 9.88 Å². The number of aryl methyl sites for hydroxylation is 1. The van der Waals surface area contributed by atoms with Crippen molar-refractivity contribution in [3.8, 4) is 11.4 Å². The van der Waals surface area contributed by atoms with E-state index in [-0.39, 0.29) is 11.4 Å². The Morgan fingerprint density at radius 1 is 1.09 bits per heavy atom. The molecule has 0 bridgehead atoms. The fourth-order valence-corrected chi connectivity index (χ4v) is 4.62. The van der Waals surface area contributed by atoms with E-state index in [1.165, 1.54) is 12.1 Å². The third-order valence-corrected chi connectivity index (χ3v) is 6.81. The Hall–Kier alpha value is -3.03. The molecule has 1 fully saturated rings. The molecule has 1 saturated carbocycles. The smallest absolute Gasteiger partial charge is 0.199 e. The lowest BCUT2D eigenvalue weighted by atomic mass is 9.72. The number of nitrogens with one attached hydrogen (secondary N) is 1. The first kappa shape index (κ1) is 20.8. The summed E-state index contributed by atoms with van der Waals surface area (Å²) in [4.78, 5) is 0. The summed E-state index contributed by atoms with van der Waals surface area (Å²) in [6.45, 7) is 3.03. The molecule has 0 aliphatic heterocycles. The lowest BCUT2D eigenvalue weighted by Gasteiger charge is -2.43. The molecule has 7 heteroatoms. The van der Waals surface area contributed by atoms with E-state index < -0.39 is 0 Å². The summed E-state index contributed by atoms with van der Waals surface area (Å²) in [7, 11) is 0. The molecular weight excluding hydrogens is 423 g/mol. The highest BCUT2D eigenvalue weighted by molar-refractivity contribution is 7.71. The quantitative estimate of drug-likeness (QED) is 0.363. The van der Waals surface area contributed by atoms with Gasteiger partial charge >= 0.3 is 0 Å². The first-order chi connectivity index (χ1) is 15.6. The fraction of sp³-hybridized carbons (Fsp3) is 0.280. The van der Waals surface area contributed by atoms with Crippen molar-refractivity contribution in [1.29, 1.82) is 0 Å². The predicted octanol–water partition coefficient (Wildman–Crippen LogP) is 5.80. The summed E-state index contributed by atoms with van der Waals surface area (Å²) in [5.41, 5.74) is 3.02. The zero-order valence-corrected chi connectivity index (χ0v) is 18.7. The van der Waals surface area contributed by atoms with Crippen molar-refractivity contribution in [1.82, 2.24) is 19.7 Å². The van der Waals surface area contributed by atoms with E-state index in [2.05, 4.69) is 22.0 Å². The Morgan fingerprint density at radius 3 is 2.47 bits per heavy atom. The van der Waals surface area contributed by atoms with Gasteiger partial charge in [-0.2, -0.15) is 5.10 Å². The van der Waals surface area contributed by atoms with Crippen molar-refractivity contribution >= 4 is 12.2 Å². The summed E-state index contributed by atoms with van der Waals surface area (Å²) in [5.74, 6) is 1.38. The number of halogens is 1. The molecule has 1 aliphatic rings. The molecule has 164 valence electrons. The van der Waals surface area contributed by atoms with Crippen molar-refractivity contribution in [3.63, 3.8) is 0 Å². The van der Waals surface area contributed by atoms with Gasteiger partial charge in [0.1, 0.15) is 11.6 Å². The number of aromatic nitrogens is 3. The van der Waals surface area contributed by atoms with E-state index in [4.69, 9.17) is 21.7 Å². The van der Waals surface area contributed by atoms with Crippen molar-refractivity contribution in [2.45, 2.75) is 44.9 Å². The van der Waals surface area contributed by atoms with E-state index in [9.17, 15) is 4.39 Å². The van der Waals surface area contributed by atoms with E-state index in [0.29, 0.717) is 18.0 Å². The summed E-state index contributed by atoms with van der Waals surface area (Å²) >= 11 is 5.85. The number of nitrogens with zero attached hydrogens (tertiary/aromatic N) is 3. The molecule has 0 unspecified atom stereocenters. The number of hydrogen-bond donors (Lipinski definition) is 1. The SMILES string of the molecule is Cc1occc1-c1nn(CNC2(c3ccc(F)cc3)CCC2)c(=S)n1Cc1ccccc1. The zero-order valence-electron chi connectivity index (χ0n) is 17.9. The summed E-state index contributed by atoms with van der Waals surface area (Å²) in [6.07, 6.45) is 4.82. The third-order valence-electron chi connectivity index (χ3n) is 6.38. The predicted molar refractivity (Wildman–Crippen MR) is 124 cm³/mol. The van der Waals surface area contributed by atoms with E-state index >= 15 is 0 Å². The van der Waals surface area contributed by atoms with Crippen molar-refractivity contribution < 1.29 is 8.81 Å². The van der Waals surface area contributed by atoms with Crippen LogP contribution in [0.5, 0.6) is 0 Å². The molecule has 2 aromatic heterocycles. The Morgan fingerprint density at radius 2 is 1.84 bits per heavy atom. The van der Waals surface area contributed by atoms with Gasteiger partial charge in [0.05, 0.1) is 25.0 Å². The van der Waals surface area contributed by atoms with Gasteiger partial charge in [0, 0.05) is 5.54 Å². The maximum atomic E-state index is 13.4. The van der Waals surface area contributed by atoms with Crippen LogP contribution < -0.4 is 5.32 Å². The van der Waals surface area contributed by atoms with Crippen molar-refractivity contribution in [3.05, 3.63) is 94.4 Å². The van der Waals surface area contributed by atoms with Crippen LogP contribution in [-0.4, -0.2) is 14.3 Å².